The van der Waals surface area contributed by atoms with Gasteiger partial charge in [0, 0.05) is 37.6 Å². The van der Waals surface area contributed by atoms with Gasteiger partial charge >= 0.3 is 11.9 Å². The Labute approximate surface area is 326 Å². The van der Waals surface area contributed by atoms with E-state index in [-0.39, 0.29) is 35.3 Å². The number of hydrogen-bond donors (Lipinski definition) is 1. The van der Waals surface area contributed by atoms with Gasteiger partial charge in [0.15, 0.2) is 11.4 Å². The van der Waals surface area contributed by atoms with E-state index in [0.717, 1.165) is 98.6 Å². The van der Waals surface area contributed by atoms with Gasteiger partial charge in [-0.2, -0.15) is 0 Å². The molecule has 2 aromatic heterocycles. The molecule has 4 aliphatic heterocycles. The van der Waals surface area contributed by atoms with Crippen LogP contribution in [0.15, 0.2) is 48.8 Å². The fraction of sp³-hybridized carbons (Fsp3) is 0.500. The molecule has 56 heavy (non-hydrogen) atoms. The number of aromatic carboxylic acids is 1. The minimum atomic E-state index is -1.09. The second-order valence-corrected chi connectivity index (χ2v) is 14.9. The van der Waals surface area contributed by atoms with Crippen LogP contribution < -0.4 is 9.80 Å². The number of hydrogen-bond acceptors (Lipinski definition) is 11. The van der Waals surface area contributed by atoms with Crippen molar-refractivity contribution in [2.24, 2.45) is 0 Å². The Morgan fingerprint density at radius 3 is 1.62 bits per heavy atom. The Balaban J connectivity index is 0.000000172. The molecule has 4 saturated heterocycles. The zero-order valence-electron chi connectivity index (χ0n) is 32.3. The number of piperidine rings is 2. The lowest BCUT2D eigenvalue weighted by Crippen LogP contribution is -2.58. The molecule has 16 nitrogen and oxygen atoms in total. The molecule has 4 aliphatic rings. The molecule has 0 saturated carbocycles. The van der Waals surface area contributed by atoms with E-state index in [1.54, 1.807) is 17.8 Å². The van der Waals surface area contributed by atoms with E-state index in [4.69, 9.17) is 9.84 Å². The maximum absolute atomic E-state index is 13.0. The maximum Gasteiger partial charge on any atom is 0.360 e. The van der Waals surface area contributed by atoms with Gasteiger partial charge in [-0.25, -0.2) is 19.0 Å². The molecule has 1 N–H and O–H groups in total. The van der Waals surface area contributed by atoms with Crippen LogP contribution in [0.5, 0.6) is 0 Å². The van der Waals surface area contributed by atoms with Gasteiger partial charge in [0.25, 0.3) is 0 Å². The SMILES string of the molecule is CCOC(=O)c1cn(Cc2ccc(N3CCN4CCCCC4C3=O)c(C)c2)nn1.Cc1cc(Cn2cc(C(=O)O)nn2)ccc1N1CCN2CCCCC2C1=O. The number of carbonyl (C=O) groups excluding carboxylic acids is 3. The molecule has 4 fully saturated rings. The van der Waals surface area contributed by atoms with Crippen LogP contribution in [0.4, 0.5) is 11.4 Å². The van der Waals surface area contributed by atoms with E-state index in [1.807, 2.05) is 54.0 Å². The molecule has 0 aliphatic carbocycles. The molecule has 2 atom stereocenters. The summed E-state index contributed by atoms with van der Waals surface area (Å²) in [6, 6.07) is 12.1. The van der Waals surface area contributed by atoms with Crippen molar-refractivity contribution in [3.63, 3.8) is 0 Å². The van der Waals surface area contributed by atoms with Crippen molar-refractivity contribution in [2.45, 2.75) is 84.5 Å². The summed E-state index contributed by atoms with van der Waals surface area (Å²) in [6.45, 7) is 12.4. The van der Waals surface area contributed by atoms with Crippen molar-refractivity contribution in [1.29, 1.82) is 0 Å². The summed E-state index contributed by atoms with van der Waals surface area (Å²) in [5, 5.41) is 24.3. The zero-order valence-corrected chi connectivity index (χ0v) is 32.3. The average molecular weight is 767 g/mol. The summed E-state index contributed by atoms with van der Waals surface area (Å²) in [7, 11) is 0. The lowest BCUT2D eigenvalue weighted by molar-refractivity contribution is -0.127. The first-order valence-electron chi connectivity index (χ1n) is 19.6. The van der Waals surface area contributed by atoms with Crippen LogP contribution in [0.1, 0.15) is 88.7 Å². The van der Waals surface area contributed by atoms with Crippen molar-refractivity contribution < 1.29 is 29.0 Å². The lowest BCUT2D eigenvalue weighted by Gasteiger charge is -2.43. The molecular formula is C40H50N10O6. The van der Waals surface area contributed by atoms with Crippen LogP contribution in [0.25, 0.3) is 0 Å². The van der Waals surface area contributed by atoms with E-state index in [2.05, 4.69) is 36.5 Å². The highest BCUT2D eigenvalue weighted by molar-refractivity contribution is 5.99. The highest BCUT2D eigenvalue weighted by atomic mass is 16.5. The summed E-state index contributed by atoms with van der Waals surface area (Å²) < 4.78 is 8.07. The Kier molecular flexibility index (Phi) is 11.9. The number of ether oxygens (including phenoxy) is 1. The monoisotopic (exact) mass is 766 g/mol. The normalized spacial score (nSPS) is 20.2. The molecule has 296 valence electrons. The second-order valence-electron chi connectivity index (χ2n) is 14.9. The van der Waals surface area contributed by atoms with Gasteiger partial charge in [0.1, 0.15) is 0 Å². The first kappa shape index (κ1) is 38.8. The molecule has 0 bridgehead atoms. The largest absolute Gasteiger partial charge is 0.476 e. The van der Waals surface area contributed by atoms with Crippen molar-refractivity contribution in [1.82, 2.24) is 39.8 Å². The lowest BCUT2D eigenvalue weighted by atomic mass is 9.97. The van der Waals surface area contributed by atoms with Crippen LogP contribution in [0, 0.1) is 13.8 Å². The van der Waals surface area contributed by atoms with Crippen molar-refractivity contribution in [3.8, 4) is 0 Å². The van der Waals surface area contributed by atoms with Gasteiger partial charge in [0.2, 0.25) is 11.8 Å². The number of piperazine rings is 2. The maximum atomic E-state index is 13.0. The van der Waals surface area contributed by atoms with E-state index in [0.29, 0.717) is 19.7 Å². The number of carboxylic acid groups (broad SMARTS) is 1. The van der Waals surface area contributed by atoms with Gasteiger partial charge in [-0.3, -0.25) is 19.4 Å². The van der Waals surface area contributed by atoms with Crippen LogP contribution in [-0.4, -0.2) is 127 Å². The fourth-order valence-electron chi connectivity index (χ4n) is 8.35. The number of carboxylic acids is 1. The number of carbonyl (C=O) groups is 4. The Morgan fingerprint density at radius 1 is 0.696 bits per heavy atom. The van der Waals surface area contributed by atoms with Gasteiger partial charge in [-0.1, -0.05) is 47.5 Å². The van der Waals surface area contributed by atoms with Crippen LogP contribution >= 0.6 is 0 Å². The number of esters is 1. The molecule has 8 rings (SSSR count). The number of benzene rings is 2. The number of aromatic nitrogens is 6. The number of rotatable bonds is 9. The first-order chi connectivity index (χ1) is 27.1. The van der Waals surface area contributed by atoms with Crippen molar-refractivity contribution in [3.05, 3.63) is 82.4 Å². The Bertz CT molecular complexity index is 2080. The first-order valence-corrected chi connectivity index (χ1v) is 19.6. The summed E-state index contributed by atoms with van der Waals surface area (Å²) >= 11 is 0. The van der Waals surface area contributed by atoms with Crippen LogP contribution in [-0.2, 0) is 27.4 Å². The van der Waals surface area contributed by atoms with Crippen LogP contribution in [0.3, 0.4) is 0 Å². The Hall–Kier alpha value is -5.48. The quantitative estimate of drug-likeness (QED) is 0.246. The predicted octanol–water partition coefficient (Wildman–Crippen LogP) is 3.55. The van der Waals surface area contributed by atoms with E-state index in [1.165, 1.54) is 23.7 Å². The molecule has 2 amide bonds. The molecule has 4 aromatic rings. The molecule has 6 heterocycles. The number of aryl methyl sites for hydroxylation is 2. The highest BCUT2D eigenvalue weighted by Gasteiger charge is 2.38. The second kappa shape index (κ2) is 17.1. The summed E-state index contributed by atoms with van der Waals surface area (Å²) in [4.78, 5) is 57.2. The molecule has 2 aromatic carbocycles. The van der Waals surface area contributed by atoms with Gasteiger partial charge < -0.3 is 19.6 Å². The fourth-order valence-corrected chi connectivity index (χ4v) is 8.35. The predicted molar refractivity (Wildman–Crippen MR) is 207 cm³/mol. The summed E-state index contributed by atoms with van der Waals surface area (Å²) in [5.41, 5.74) is 6.19. The number of anilines is 2. The minimum Gasteiger partial charge on any atom is -0.476 e. The highest BCUT2D eigenvalue weighted by Crippen LogP contribution is 2.30. The summed E-state index contributed by atoms with van der Waals surface area (Å²) in [6.07, 6.45) is 9.54. The van der Waals surface area contributed by atoms with E-state index < -0.39 is 11.9 Å². The standard InChI is InChI=1S/C21H27N5O3.C19H23N5O3/c1-3-29-21(28)17-14-25(23-22-17)13-16-7-8-18(15(2)12-16)26-11-10-24-9-5-4-6-19(24)20(26)27;1-13-10-14(11-23-12-15(19(26)27)20-21-23)5-6-16(13)24-9-8-22-7-3-2-4-17(22)18(24)25/h7-8,12,14,19H,3-6,9-11,13H2,1-2H3;5-6,10,12,17H,2-4,7-9,11H2,1H3,(H,26,27). The molecule has 16 heteroatoms. The minimum absolute atomic E-state index is 0.0242. The third-order valence-corrected chi connectivity index (χ3v) is 11.1. The Morgan fingerprint density at radius 2 is 1.18 bits per heavy atom. The van der Waals surface area contributed by atoms with Gasteiger partial charge in [-0.05, 0) is 93.9 Å². The van der Waals surface area contributed by atoms with Gasteiger partial charge in [0.05, 0.1) is 44.2 Å². The smallest absolute Gasteiger partial charge is 0.360 e. The number of amides is 2. The molecular weight excluding hydrogens is 717 g/mol. The zero-order chi connectivity index (χ0) is 39.3. The topological polar surface area (TPSA) is 172 Å². The third kappa shape index (κ3) is 8.50. The summed E-state index contributed by atoms with van der Waals surface area (Å²) in [5.74, 6) is -1.12. The van der Waals surface area contributed by atoms with Crippen molar-refractivity contribution >= 4 is 35.1 Å². The van der Waals surface area contributed by atoms with Crippen LogP contribution in [0.2, 0.25) is 0 Å². The molecule has 0 spiro atoms. The number of fused-ring (bicyclic) bond motifs is 2. The number of nitrogens with zero attached hydrogens (tertiary/aromatic N) is 10. The third-order valence-electron chi connectivity index (χ3n) is 11.1. The average Bonchev–Trinajstić information content (AvgIpc) is 3.87. The van der Waals surface area contributed by atoms with E-state index >= 15 is 0 Å². The van der Waals surface area contributed by atoms with E-state index in [9.17, 15) is 19.2 Å². The van der Waals surface area contributed by atoms with Crippen molar-refractivity contribution in [2.75, 3.05) is 55.7 Å². The molecule has 0 radical (unpaired) electrons. The van der Waals surface area contributed by atoms with Gasteiger partial charge in [-0.15, -0.1) is 10.2 Å². The molecule has 2 unspecified atom stereocenters.